The molecule has 0 aromatic heterocycles. The van der Waals surface area contributed by atoms with Gasteiger partial charge in [0.1, 0.15) is 0 Å². The van der Waals surface area contributed by atoms with E-state index >= 15 is 0 Å². The zero-order valence-corrected chi connectivity index (χ0v) is 6.03. The van der Waals surface area contributed by atoms with Gasteiger partial charge in [0.15, 0.2) is 0 Å². The van der Waals surface area contributed by atoms with E-state index in [1.807, 2.05) is 0 Å². The molecular formula is H5O8PS. The third kappa shape index (κ3) is 42.1. The SMILES string of the molecule is O=S(=O)(O)OO.OP(O)O. The molecule has 64 valence electrons. The highest BCUT2D eigenvalue weighted by molar-refractivity contribution is 7.80. The van der Waals surface area contributed by atoms with Crippen LogP contribution in [0, 0.1) is 0 Å². The maximum atomic E-state index is 9.08. The summed E-state index contributed by atoms with van der Waals surface area (Å²) in [5.74, 6) is 0. The second kappa shape index (κ2) is 5.89. The van der Waals surface area contributed by atoms with Gasteiger partial charge in [0.25, 0.3) is 0 Å². The van der Waals surface area contributed by atoms with Gasteiger partial charge in [0.2, 0.25) is 0 Å². The minimum atomic E-state index is -4.61. The van der Waals surface area contributed by atoms with Gasteiger partial charge >= 0.3 is 19.0 Å². The Bertz CT molecular complexity index is 140. The first-order valence-corrected chi connectivity index (χ1v) is 4.03. The molecule has 8 nitrogen and oxygen atoms in total. The summed E-state index contributed by atoms with van der Waals surface area (Å²) >= 11 is 0. The summed E-state index contributed by atoms with van der Waals surface area (Å²) < 4.78 is 28.0. The normalized spacial score (nSPS) is 10.6. The predicted molar refractivity (Wildman–Crippen MR) is 28.8 cm³/mol. The van der Waals surface area contributed by atoms with Crippen LogP contribution in [0.15, 0.2) is 0 Å². The summed E-state index contributed by atoms with van der Waals surface area (Å²) in [7, 11) is -7.23. The van der Waals surface area contributed by atoms with Crippen LogP contribution in [-0.4, -0.2) is 32.9 Å². The third-order valence-electron chi connectivity index (χ3n) is 0.0942. The van der Waals surface area contributed by atoms with Crippen molar-refractivity contribution in [1.29, 1.82) is 0 Å². The molecule has 0 unspecified atom stereocenters. The molecule has 0 atom stereocenters. The lowest BCUT2D eigenvalue weighted by Gasteiger charge is -1.79. The molecule has 0 heterocycles. The molecular weight excluding hydrogens is 191 g/mol. The molecule has 0 rings (SSSR count). The van der Waals surface area contributed by atoms with Crippen molar-refractivity contribution in [2.24, 2.45) is 0 Å². The van der Waals surface area contributed by atoms with Crippen molar-refractivity contribution in [2.75, 3.05) is 0 Å². The molecule has 10 heteroatoms. The number of hydrogen-bond donors (Lipinski definition) is 5. The molecule has 0 aromatic rings. The molecule has 0 aliphatic carbocycles. The first-order chi connectivity index (χ1) is 4.29. The van der Waals surface area contributed by atoms with E-state index in [-0.39, 0.29) is 0 Å². The molecule has 5 N–H and O–H groups in total. The van der Waals surface area contributed by atoms with Crippen LogP contribution in [0.5, 0.6) is 0 Å². The third-order valence-corrected chi connectivity index (χ3v) is 0.283. The topological polar surface area (TPSA) is 145 Å². The lowest BCUT2D eigenvalue weighted by atomic mass is 15.0. The molecule has 0 bridgehead atoms. The summed E-state index contributed by atoms with van der Waals surface area (Å²) in [6.45, 7) is 0. The first kappa shape index (κ1) is 12.8. The fourth-order valence-electron chi connectivity index (χ4n) is 0. The van der Waals surface area contributed by atoms with Crippen LogP contribution in [0.25, 0.3) is 0 Å². The van der Waals surface area contributed by atoms with E-state index in [0.29, 0.717) is 0 Å². The molecule has 0 aliphatic heterocycles. The fraction of sp³-hybridized carbons (Fsp3) is 0. The van der Waals surface area contributed by atoms with Crippen LogP contribution in [0.3, 0.4) is 0 Å². The molecule has 0 radical (unpaired) electrons. The molecule has 0 aromatic carbocycles. The Balaban J connectivity index is 0. The van der Waals surface area contributed by atoms with Crippen molar-refractivity contribution in [1.82, 2.24) is 0 Å². The minimum absolute atomic E-state index is 2.47. The summed E-state index contributed by atoms with van der Waals surface area (Å²) in [6.07, 6.45) is 0. The zero-order chi connectivity index (χ0) is 8.78. The van der Waals surface area contributed by atoms with Crippen molar-refractivity contribution in [3.63, 3.8) is 0 Å². The van der Waals surface area contributed by atoms with Crippen molar-refractivity contribution >= 4 is 19.0 Å². The maximum Gasteiger partial charge on any atom is 0.423 e. The van der Waals surface area contributed by atoms with Crippen molar-refractivity contribution in [3.05, 3.63) is 0 Å². The lowest BCUT2D eigenvalue weighted by Crippen LogP contribution is -1.97. The Morgan fingerprint density at radius 3 is 1.30 bits per heavy atom. The molecule has 0 saturated carbocycles. The van der Waals surface area contributed by atoms with E-state index in [0.717, 1.165) is 0 Å². The highest BCUT2D eigenvalue weighted by Gasteiger charge is 1.97. The van der Waals surface area contributed by atoms with Gasteiger partial charge in [0.05, 0.1) is 0 Å². The average Bonchev–Trinajstić information content (AvgIpc) is 1.63. The van der Waals surface area contributed by atoms with E-state index in [2.05, 4.69) is 4.33 Å². The van der Waals surface area contributed by atoms with Crippen LogP contribution in [0.1, 0.15) is 0 Å². The van der Waals surface area contributed by atoms with E-state index in [4.69, 9.17) is 32.9 Å². The summed E-state index contributed by atoms with van der Waals surface area (Å²) in [6, 6.07) is 0. The van der Waals surface area contributed by atoms with Crippen molar-refractivity contribution in [2.45, 2.75) is 0 Å². The van der Waals surface area contributed by atoms with Crippen molar-refractivity contribution < 1.29 is 37.2 Å². The number of rotatable bonds is 1. The van der Waals surface area contributed by atoms with Crippen molar-refractivity contribution in [3.8, 4) is 0 Å². The van der Waals surface area contributed by atoms with Crippen LogP contribution in [0.4, 0.5) is 0 Å². The predicted octanol–water partition coefficient (Wildman–Crippen LogP) is -1.53. The first-order valence-electron chi connectivity index (χ1n) is 1.47. The molecule has 0 aliphatic rings. The minimum Gasteiger partial charge on any atom is -0.328 e. The largest absolute Gasteiger partial charge is 0.423 e. The standard InChI is InChI=1S/H2O5S.H3O3P/c1-5-6(2,3)4;1-4(2)3/h1H,(H,2,3,4);1-3H. The summed E-state index contributed by atoms with van der Waals surface area (Å²) in [5.41, 5.74) is 0. The molecule has 0 saturated heterocycles. The average molecular weight is 196 g/mol. The second-order valence-electron chi connectivity index (χ2n) is 0.771. The molecule has 0 fully saturated rings. The Kier molecular flexibility index (Phi) is 7.53. The van der Waals surface area contributed by atoms with E-state index in [9.17, 15) is 0 Å². The Labute approximate surface area is 57.2 Å². The quantitative estimate of drug-likeness (QED) is 0.147. The van der Waals surface area contributed by atoms with Gasteiger partial charge in [-0.05, 0) is 0 Å². The van der Waals surface area contributed by atoms with Crippen LogP contribution in [0.2, 0.25) is 0 Å². The molecule has 0 amide bonds. The van der Waals surface area contributed by atoms with Gasteiger partial charge in [-0.1, -0.05) is 4.33 Å². The maximum absolute atomic E-state index is 9.08. The van der Waals surface area contributed by atoms with Gasteiger partial charge in [-0.3, -0.25) is 4.55 Å². The van der Waals surface area contributed by atoms with Gasteiger partial charge in [-0.25, -0.2) is 5.26 Å². The van der Waals surface area contributed by atoms with Gasteiger partial charge in [-0.2, -0.15) is 8.42 Å². The smallest absolute Gasteiger partial charge is 0.328 e. The summed E-state index contributed by atoms with van der Waals surface area (Å²) in [4.78, 5) is 21.7. The highest BCUT2D eigenvalue weighted by atomic mass is 32.3. The van der Waals surface area contributed by atoms with Crippen LogP contribution < -0.4 is 0 Å². The van der Waals surface area contributed by atoms with E-state index in [1.54, 1.807) is 0 Å². The van der Waals surface area contributed by atoms with E-state index in [1.165, 1.54) is 0 Å². The van der Waals surface area contributed by atoms with Crippen LogP contribution in [-0.2, 0) is 14.7 Å². The van der Waals surface area contributed by atoms with Gasteiger partial charge in [0, 0.05) is 0 Å². The number of hydrogen-bond acceptors (Lipinski definition) is 7. The highest BCUT2D eigenvalue weighted by Crippen LogP contribution is 2.11. The monoisotopic (exact) mass is 196 g/mol. The second-order valence-corrected chi connectivity index (χ2v) is 2.31. The van der Waals surface area contributed by atoms with Gasteiger partial charge in [-0.15, -0.1) is 0 Å². The molecule has 0 spiro atoms. The lowest BCUT2D eigenvalue weighted by molar-refractivity contribution is -0.139. The zero-order valence-electron chi connectivity index (χ0n) is 4.32. The Morgan fingerprint density at radius 1 is 1.20 bits per heavy atom. The molecule has 10 heavy (non-hydrogen) atoms. The Hall–Kier alpha value is 0.140. The van der Waals surface area contributed by atoms with Gasteiger partial charge < -0.3 is 14.7 Å². The fourth-order valence-corrected chi connectivity index (χ4v) is 0. The Morgan fingerprint density at radius 2 is 1.30 bits per heavy atom. The summed E-state index contributed by atoms with van der Waals surface area (Å²) in [5, 5.41) is 7.06. The van der Waals surface area contributed by atoms with E-state index < -0.39 is 19.0 Å². The van der Waals surface area contributed by atoms with Crippen LogP contribution >= 0.6 is 8.60 Å².